The summed E-state index contributed by atoms with van der Waals surface area (Å²) < 4.78 is 36.0. The van der Waals surface area contributed by atoms with Gasteiger partial charge in [0.05, 0.1) is 42.2 Å². The summed E-state index contributed by atoms with van der Waals surface area (Å²) in [5, 5.41) is 10.0. The Bertz CT molecular complexity index is 1360. The quantitative estimate of drug-likeness (QED) is 0.592. The lowest BCUT2D eigenvalue weighted by atomic mass is 9.81. The fraction of sp³-hybridized carbons (Fsp3) is 0.208. The molecule has 1 aliphatic heterocycles. The average molecular weight is 497 g/mol. The number of ether oxygens (including phenoxy) is 2. The molecule has 11 heteroatoms. The van der Waals surface area contributed by atoms with Gasteiger partial charge in [-0.15, -0.1) is 0 Å². The first-order valence-electron chi connectivity index (χ1n) is 10.3. The predicted molar refractivity (Wildman–Crippen MR) is 127 cm³/mol. The van der Waals surface area contributed by atoms with E-state index in [1.54, 1.807) is 30.3 Å². The number of hydrogen-bond acceptors (Lipinski definition) is 9. The molecular formula is C24H24N4O6S. The Labute approximate surface area is 203 Å². The molecule has 2 N–H and O–H groups in total. The topological polar surface area (TPSA) is 143 Å². The Kier molecular flexibility index (Phi) is 7.28. The van der Waals surface area contributed by atoms with Gasteiger partial charge in [0.25, 0.3) is 0 Å². The largest absolute Gasteiger partial charge is 0.466 e. The van der Waals surface area contributed by atoms with Crippen molar-refractivity contribution in [2.75, 3.05) is 33.2 Å². The molecule has 3 rings (SSSR count). The molecule has 0 saturated heterocycles. The highest BCUT2D eigenvalue weighted by molar-refractivity contribution is 7.89. The fourth-order valence-electron chi connectivity index (χ4n) is 3.76. The first kappa shape index (κ1) is 25.5. The number of esters is 2. The molecule has 0 bridgehead atoms. The molecule has 0 amide bonds. The van der Waals surface area contributed by atoms with Gasteiger partial charge >= 0.3 is 11.9 Å². The van der Waals surface area contributed by atoms with Crippen molar-refractivity contribution >= 4 is 27.6 Å². The molecule has 1 unspecified atom stereocenters. The van der Waals surface area contributed by atoms with Gasteiger partial charge in [0.2, 0.25) is 10.0 Å². The van der Waals surface area contributed by atoms with Crippen molar-refractivity contribution in [1.82, 2.24) is 4.31 Å². The number of nitriles is 1. The lowest BCUT2D eigenvalue weighted by Crippen LogP contribution is -2.40. The Morgan fingerprint density at radius 1 is 1.00 bits per heavy atom. The number of nitrogens with zero attached hydrogens (tertiary/aromatic N) is 3. The Hall–Kier alpha value is -4.14. The molecule has 0 aromatic heterocycles. The molecule has 2 aromatic rings. The molecule has 1 aliphatic rings. The number of sulfonamides is 1. The standard InChI is InChI=1S/C24H24N4O6S/c1-27(2)35(31,32)17-12-10-16(11-13-17)28-21(24(30)34-4)20(23(29)33-3)19(18(14-25)22(28)26)15-8-6-5-7-9-15/h5-13,19H,26H2,1-4H3. The SMILES string of the molecule is COC(=O)C1=C(C(=O)OC)N(c2ccc(S(=O)(=O)N(C)C)cc2)C(N)=C(C#N)C1c1ccccc1. The Morgan fingerprint density at radius 2 is 1.57 bits per heavy atom. The molecule has 0 radical (unpaired) electrons. The first-order chi connectivity index (χ1) is 16.6. The van der Waals surface area contributed by atoms with E-state index >= 15 is 0 Å². The summed E-state index contributed by atoms with van der Waals surface area (Å²) in [6.45, 7) is 0. The predicted octanol–water partition coefficient (Wildman–Crippen LogP) is 1.83. The van der Waals surface area contributed by atoms with Gasteiger partial charge in [-0.1, -0.05) is 30.3 Å². The summed E-state index contributed by atoms with van der Waals surface area (Å²) in [5.74, 6) is -2.85. The van der Waals surface area contributed by atoms with Crippen LogP contribution in [0, 0.1) is 11.3 Å². The first-order valence-corrected chi connectivity index (χ1v) is 11.7. The van der Waals surface area contributed by atoms with Crippen molar-refractivity contribution in [3.8, 4) is 6.07 Å². The zero-order chi connectivity index (χ0) is 25.9. The zero-order valence-corrected chi connectivity index (χ0v) is 20.4. The van der Waals surface area contributed by atoms with Crippen molar-refractivity contribution < 1.29 is 27.5 Å². The molecule has 35 heavy (non-hydrogen) atoms. The van der Waals surface area contributed by atoms with Crippen LogP contribution in [0.2, 0.25) is 0 Å². The maximum Gasteiger partial charge on any atom is 0.355 e. The highest BCUT2D eigenvalue weighted by atomic mass is 32.2. The van der Waals surface area contributed by atoms with Crippen molar-refractivity contribution in [2.45, 2.75) is 10.8 Å². The van der Waals surface area contributed by atoms with Crippen LogP contribution >= 0.6 is 0 Å². The van der Waals surface area contributed by atoms with Crippen LogP contribution in [0.15, 0.2) is 82.2 Å². The van der Waals surface area contributed by atoms with Crippen LogP contribution in [0.3, 0.4) is 0 Å². The van der Waals surface area contributed by atoms with Crippen LogP contribution in [0.1, 0.15) is 11.5 Å². The smallest absolute Gasteiger partial charge is 0.355 e. The molecule has 1 heterocycles. The minimum atomic E-state index is -3.72. The van der Waals surface area contributed by atoms with Crippen molar-refractivity contribution in [2.24, 2.45) is 5.73 Å². The number of carbonyl (C=O) groups excluding carboxylic acids is 2. The molecule has 1 atom stereocenters. The Balaban J connectivity index is 2.34. The average Bonchev–Trinajstić information content (AvgIpc) is 2.87. The summed E-state index contributed by atoms with van der Waals surface area (Å²) in [6, 6.07) is 16.2. The molecule has 182 valence electrons. The van der Waals surface area contributed by atoms with Crippen LogP contribution in [0.25, 0.3) is 0 Å². The van der Waals surface area contributed by atoms with Gasteiger partial charge in [-0.05, 0) is 29.8 Å². The third-order valence-corrected chi connectivity index (χ3v) is 7.31. The van der Waals surface area contributed by atoms with Gasteiger partial charge in [0.1, 0.15) is 11.5 Å². The van der Waals surface area contributed by atoms with Gasteiger partial charge in [-0.3, -0.25) is 4.90 Å². The van der Waals surface area contributed by atoms with E-state index in [0.29, 0.717) is 5.56 Å². The summed E-state index contributed by atoms with van der Waals surface area (Å²) in [4.78, 5) is 27.2. The minimum absolute atomic E-state index is 0.00488. The van der Waals surface area contributed by atoms with E-state index in [2.05, 4.69) is 6.07 Å². The highest BCUT2D eigenvalue weighted by Crippen LogP contribution is 2.43. The van der Waals surface area contributed by atoms with Gasteiger partial charge in [-0.2, -0.15) is 5.26 Å². The van der Waals surface area contributed by atoms with Crippen molar-refractivity contribution in [3.63, 3.8) is 0 Å². The van der Waals surface area contributed by atoms with E-state index in [4.69, 9.17) is 15.2 Å². The van der Waals surface area contributed by atoms with Crippen molar-refractivity contribution in [1.29, 1.82) is 5.26 Å². The summed E-state index contributed by atoms with van der Waals surface area (Å²) in [6.07, 6.45) is 0. The Morgan fingerprint density at radius 3 is 2.06 bits per heavy atom. The summed E-state index contributed by atoms with van der Waals surface area (Å²) in [7, 11) is 1.39. The van der Waals surface area contributed by atoms with Gasteiger partial charge in [0.15, 0.2) is 0 Å². The third-order valence-electron chi connectivity index (χ3n) is 5.48. The number of hydrogen-bond donors (Lipinski definition) is 1. The zero-order valence-electron chi connectivity index (χ0n) is 19.6. The number of rotatable bonds is 6. The number of carbonyl (C=O) groups is 2. The van der Waals surface area contributed by atoms with E-state index < -0.39 is 27.9 Å². The monoisotopic (exact) mass is 496 g/mol. The van der Waals surface area contributed by atoms with Crippen LogP contribution < -0.4 is 10.6 Å². The normalized spacial score (nSPS) is 16.2. The summed E-state index contributed by atoms with van der Waals surface area (Å²) in [5.41, 5.74) is 6.82. The van der Waals surface area contributed by atoms with Crippen LogP contribution in [-0.2, 0) is 29.1 Å². The molecule has 0 aliphatic carbocycles. The maximum atomic E-state index is 13.0. The summed E-state index contributed by atoms with van der Waals surface area (Å²) >= 11 is 0. The van der Waals surface area contributed by atoms with Crippen LogP contribution in [0.5, 0.6) is 0 Å². The molecule has 2 aromatic carbocycles. The van der Waals surface area contributed by atoms with Crippen LogP contribution in [0.4, 0.5) is 5.69 Å². The number of allylic oxidation sites excluding steroid dienone is 1. The fourth-order valence-corrected chi connectivity index (χ4v) is 4.66. The molecule has 0 spiro atoms. The van der Waals surface area contributed by atoms with Crippen molar-refractivity contribution in [3.05, 3.63) is 82.8 Å². The van der Waals surface area contributed by atoms with Gasteiger partial charge in [-0.25, -0.2) is 22.3 Å². The second kappa shape index (κ2) is 10.0. The minimum Gasteiger partial charge on any atom is -0.466 e. The maximum absolute atomic E-state index is 13.0. The lowest BCUT2D eigenvalue weighted by Gasteiger charge is -2.35. The number of benzene rings is 2. The number of anilines is 1. The molecule has 0 fully saturated rings. The molecular weight excluding hydrogens is 472 g/mol. The van der Waals surface area contributed by atoms with E-state index in [1.807, 2.05) is 0 Å². The molecule has 10 nitrogen and oxygen atoms in total. The number of nitrogens with two attached hydrogens (primary N) is 1. The lowest BCUT2D eigenvalue weighted by molar-refractivity contribution is -0.139. The van der Waals surface area contributed by atoms with Gasteiger partial charge in [0, 0.05) is 19.8 Å². The highest BCUT2D eigenvalue weighted by Gasteiger charge is 2.43. The van der Waals surface area contributed by atoms with E-state index in [9.17, 15) is 23.3 Å². The van der Waals surface area contributed by atoms with E-state index in [1.165, 1.54) is 43.3 Å². The second-order valence-electron chi connectivity index (χ2n) is 7.62. The van der Waals surface area contributed by atoms with E-state index in [0.717, 1.165) is 18.5 Å². The third kappa shape index (κ3) is 4.49. The van der Waals surface area contributed by atoms with E-state index in [-0.39, 0.29) is 33.2 Å². The second-order valence-corrected chi connectivity index (χ2v) is 9.77. The van der Waals surface area contributed by atoms with Gasteiger partial charge < -0.3 is 15.2 Å². The number of methoxy groups -OCH3 is 2. The molecule has 0 saturated carbocycles. The van der Waals surface area contributed by atoms with Crippen LogP contribution in [-0.4, -0.2) is 53.0 Å².